The summed E-state index contributed by atoms with van der Waals surface area (Å²) in [5.41, 5.74) is 2.65. The Bertz CT molecular complexity index is 1320. The number of nitrogens with one attached hydrogen (secondary N) is 1. The number of hydrogen-bond acceptors (Lipinski definition) is 4. The number of aromatic nitrogens is 2. The van der Waals surface area contributed by atoms with Crippen LogP contribution in [0.3, 0.4) is 0 Å². The van der Waals surface area contributed by atoms with E-state index >= 15 is 0 Å². The summed E-state index contributed by atoms with van der Waals surface area (Å²) >= 11 is 7.82. The zero-order chi connectivity index (χ0) is 23.5. The lowest BCUT2D eigenvalue weighted by atomic mass is 9.96. The third-order valence-electron chi connectivity index (χ3n) is 6.22. The van der Waals surface area contributed by atoms with E-state index in [4.69, 9.17) is 11.6 Å². The summed E-state index contributed by atoms with van der Waals surface area (Å²) in [7, 11) is 0. The molecule has 0 spiro atoms. The second-order valence-electron chi connectivity index (χ2n) is 8.60. The first-order valence-corrected chi connectivity index (χ1v) is 12.6. The van der Waals surface area contributed by atoms with Crippen LogP contribution in [0.4, 0.5) is 0 Å². The fourth-order valence-electron chi connectivity index (χ4n) is 4.50. The molecule has 0 saturated carbocycles. The summed E-state index contributed by atoms with van der Waals surface area (Å²) in [6.45, 7) is 2.08. The second kappa shape index (κ2) is 9.99. The van der Waals surface area contributed by atoms with E-state index in [0.29, 0.717) is 36.9 Å². The van der Waals surface area contributed by atoms with Gasteiger partial charge in [0.15, 0.2) is 0 Å². The van der Waals surface area contributed by atoms with Crippen molar-refractivity contribution in [1.82, 2.24) is 19.8 Å². The van der Waals surface area contributed by atoms with Gasteiger partial charge in [0, 0.05) is 49.0 Å². The average molecular weight is 493 g/mol. The SMILES string of the molecule is O=C(NCc1cccnc1)C1CCCN(C(=O)c2cc3ccsc3n2Cc2cccc(Cl)c2)C1. The Morgan fingerprint density at radius 2 is 2.03 bits per heavy atom. The van der Waals surface area contributed by atoms with E-state index in [0.717, 1.165) is 34.2 Å². The smallest absolute Gasteiger partial charge is 0.270 e. The predicted octanol–water partition coefficient (Wildman–Crippen LogP) is 4.97. The van der Waals surface area contributed by atoms with E-state index in [-0.39, 0.29) is 17.7 Å². The second-order valence-corrected chi connectivity index (χ2v) is 9.93. The van der Waals surface area contributed by atoms with Gasteiger partial charge in [-0.1, -0.05) is 29.8 Å². The number of halogens is 1. The molecule has 0 bridgehead atoms. The van der Waals surface area contributed by atoms with E-state index in [9.17, 15) is 9.59 Å². The normalized spacial score (nSPS) is 16.0. The molecule has 1 N–H and O–H groups in total. The molecular formula is C26H25ClN4O2S. The van der Waals surface area contributed by atoms with Gasteiger partial charge in [0.05, 0.1) is 5.92 Å². The van der Waals surface area contributed by atoms with E-state index < -0.39 is 0 Å². The molecule has 4 heterocycles. The maximum Gasteiger partial charge on any atom is 0.270 e. The Kier molecular flexibility index (Phi) is 6.65. The molecule has 1 atom stereocenters. The van der Waals surface area contributed by atoms with Gasteiger partial charge in [-0.05, 0) is 59.7 Å². The number of carbonyl (C=O) groups is 2. The van der Waals surface area contributed by atoms with Crippen LogP contribution in [0.25, 0.3) is 10.2 Å². The van der Waals surface area contributed by atoms with Crippen LogP contribution >= 0.6 is 22.9 Å². The molecule has 1 aromatic carbocycles. The van der Waals surface area contributed by atoms with Crippen molar-refractivity contribution in [2.24, 2.45) is 5.92 Å². The van der Waals surface area contributed by atoms with Gasteiger partial charge in [-0.15, -0.1) is 11.3 Å². The Balaban J connectivity index is 1.32. The first-order valence-electron chi connectivity index (χ1n) is 11.4. The molecule has 6 nitrogen and oxygen atoms in total. The van der Waals surface area contributed by atoms with Gasteiger partial charge in [0.1, 0.15) is 10.5 Å². The van der Waals surface area contributed by atoms with Crippen molar-refractivity contribution in [3.63, 3.8) is 0 Å². The van der Waals surface area contributed by atoms with Crippen LogP contribution < -0.4 is 5.32 Å². The summed E-state index contributed by atoms with van der Waals surface area (Å²) in [6.07, 6.45) is 5.04. The molecule has 1 saturated heterocycles. The van der Waals surface area contributed by atoms with Gasteiger partial charge in [-0.2, -0.15) is 0 Å². The highest BCUT2D eigenvalue weighted by molar-refractivity contribution is 7.16. The molecule has 1 aliphatic heterocycles. The van der Waals surface area contributed by atoms with Gasteiger partial charge in [-0.25, -0.2) is 0 Å². The van der Waals surface area contributed by atoms with Crippen LogP contribution in [0.2, 0.25) is 5.02 Å². The van der Waals surface area contributed by atoms with Gasteiger partial charge in [0.25, 0.3) is 5.91 Å². The minimum atomic E-state index is -0.216. The molecule has 5 rings (SSSR count). The average Bonchev–Trinajstić information content (AvgIpc) is 3.45. The molecule has 34 heavy (non-hydrogen) atoms. The van der Waals surface area contributed by atoms with E-state index in [1.54, 1.807) is 23.7 Å². The van der Waals surface area contributed by atoms with Gasteiger partial charge in [-0.3, -0.25) is 14.6 Å². The van der Waals surface area contributed by atoms with E-state index in [1.165, 1.54) is 0 Å². The number of amides is 2. The first-order chi connectivity index (χ1) is 16.6. The van der Waals surface area contributed by atoms with Crippen molar-refractivity contribution in [3.05, 3.63) is 88.1 Å². The highest BCUT2D eigenvalue weighted by atomic mass is 35.5. The van der Waals surface area contributed by atoms with Crippen molar-refractivity contribution in [1.29, 1.82) is 0 Å². The number of fused-ring (bicyclic) bond motifs is 1. The molecule has 4 aromatic rings. The van der Waals surface area contributed by atoms with Crippen molar-refractivity contribution in [2.75, 3.05) is 13.1 Å². The monoisotopic (exact) mass is 492 g/mol. The van der Waals surface area contributed by atoms with Crippen molar-refractivity contribution in [3.8, 4) is 0 Å². The highest BCUT2D eigenvalue weighted by Gasteiger charge is 2.30. The van der Waals surface area contributed by atoms with Crippen molar-refractivity contribution < 1.29 is 9.59 Å². The lowest BCUT2D eigenvalue weighted by Gasteiger charge is -2.32. The molecule has 2 amide bonds. The number of piperidine rings is 1. The number of carbonyl (C=O) groups excluding carboxylic acids is 2. The van der Waals surface area contributed by atoms with E-state index in [1.807, 2.05) is 58.8 Å². The Morgan fingerprint density at radius 3 is 2.85 bits per heavy atom. The molecule has 0 radical (unpaired) electrons. The molecule has 1 aliphatic rings. The maximum atomic E-state index is 13.6. The number of thiophene rings is 1. The summed E-state index contributed by atoms with van der Waals surface area (Å²) in [4.78, 5) is 33.4. The van der Waals surface area contributed by atoms with Crippen molar-refractivity contribution in [2.45, 2.75) is 25.9 Å². The van der Waals surface area contributed by atoms with Gasteiger partial charge >= 0.3 is 0 Å². The fraction of sp³-hybridized carbons (Fsp3) is 0.269. The summed E-state index contributed by atoms with van der Waals surface area (Å²) in [6, 6.07) is 15.5. The quantitative estimate of drug-likeness (QED) is 0.413. The molecule has 0 aliphatic carbocycles. The fourth-order valence-corrected chi connectivity index (χ4v) is 5.61. The highest BCUT2D eigenvalue weighted by Crippen LogP contribution is 2.29. The number of likely N-dealkylation sites (tertiary alicyclic amines) is 1. The molecule has 3 aromatic heterocycles. The molecule has 8 heteroatoms. The number of benzene rings is 1. The van der Waals surface area contributed by atoms with Crippen LogP contribution in [0, 0.1) is 5.92 Å². The number of nitrogens with zero attached hydrogens (tertiary/aromatic N) is 3. The number of rotatable bonds is 6. The van der Waals surface area contributed by atoms with Crippen LogP contribution in [0.1, 0.15) is 34.5 Å². The third-order valence-corrected chi connectivity index (χ3v) is 7.41. The zero-order valence-electron chi connectivity index (χ0n) is 18.6. The van der Waals surface area contributed by atoms with Gasteiger partial charge in [0.2, 0.25) is 5.91 Å². The Morgan fingerprint density at radius 1 is 1.15 bits per heavy atom. The largest absolute Gasteiger partial charge is 0.352 e. The van der Waals surface area contributed by atoms with Crippen molar-refractivity contribution >= 4 is 45.0 Å². The molecular weight excluding hydrogens is 468 g/mol. The number of pyridine rings is 1. The van der Waals surface area contributed by atoms with Crippen LogP contribution in [0.15, 0.2) is 66.3 Å². The third kappa shape index (κ3) is 4.86. The summed E-state index contributed by atoms with van der Waals surface area (Å²) in [5.74, 6) is -0.265. The summed E-state index contributed by atoms with van der Waals surface area (Å²) in [5, 5.41) is 6.77. The lowest BCUT2D eigenvalue weighted by Crippen LogP contribution is -2.45. The minimum absolute atomic E-state index is 0.0170. The van der Waals surface area contributed by atoms with Gasteiger partial charge < -0.3 is 14.8 Å². The standard InChI is InChI=1S/C26H25ClN4O2S/c27-22-7-1-4-18(12-22)16-31-23(13-20-8-11-34-26(20)31)25(33)30-10-3-6-21(17-30)24(32)29-15-19-5-2-9-28-14-19/h1-2,4-5,7-9,11-14,21H,3,6,10,15-17H2,(H,29,32). The molecule has 1 unspecified atom stereocenters. The Hall–Kier alpha value is -3.16. The van der Waals surface area contributed by atoms with E-state index in [2.05, 4.69) is 14.9 Å². The maximum absolute atomic E-state index is 13.6. The lowest BCUT2D eigenvalue weighted by molar-refractivity contribution is -0.126. The predicted molar refractivity (Wildman–Crippen MR) is 135 cm³/mol. The van der Waals surface area contributed by atoms with Crippen LogP contribution in [0.5, 0.6) is 0 Å². The van der Waals surface area contributed by atoms with Crippen LogP contribution in [-0.2, 0) is 17.9 Å². The first kappa shape index (κ1) is 22.6. The Labute approximate surface area is 207 Å². The summed E-state index contributed by atoms with van der Waals surface area (Å²) < 4.78 is 2.07. The minimum Gasteiger partial charge on any atom is -0.352 e. The number of hydrogen-bond donors (Lipinski definition) is 1. The zero-order valence-corrected chi connectivity index (χ0v) is 20.2. The molecule has 1 fully saturated rings. The van der Waals surface area contributed by atoms with Crippen LogP contribution in [-0.4, -0.2) is 39.4 Å². The molecule has 174 valence electrons. The topological polar surface area (TPSA) is 67.2 Å².